The quantitative estimate of drug-likeness (QED) is 0.636. The normalized spacial score (nSPS) is 14.1. The first-order valence-corrected chi connectivity index (χ1v) is 6.39. The number of halogens is 1. The molecule has 1 heteroatoms. The molecule has 0 saturated heterocycles. The highest BCUT2D eigenvalue weighted by atomic mass is 35.5. The topological polar surface area (TPSA) is 0 Å². The van der Waals surface area contributed by atoms with E-state index in [4.69, 9.17) is 11.6 Å². The van der Waals surface area contributed by atoms with Crippen molar-refractivity contribution in [3.05, 3.63) is 53.6 Å². The minimum absolute atomic E-state index is 0.354. The van der Waals surface area contributed by atoms with Gasteiger partial charge < -0.3 is 0 Å². The van der Waals surface area contributed by atoms with Crippen molar-refractivity contribution in [1.29, 1.82) is 0 Å². The molecule has 0 bridgehead atoms. The second-order valence-corrected chi connectivity index (χ2v) is 5.37. The van der Waals surface area contributed by atoms with Crippen molar-refractivity contribution in [3.63, 3.8) is 0 Å². The van der Waals surface area contributed by atoms with Crippen LogP contribution >= 0.6 is 11.6 Å². The van der Waals surface area contributed by atoms with Crippen LogP contribution in [-0.4, -0.2) is 0 Å². The summed E-state index contributed by atoms with van der Waals surface area (Å²) in [6.07, 6.45) is 1.04. The standard InChI is InChI=1S/C16H21Cl/c1-11(2)15-6-8-16(9-7-15)13(4)10-12(3)14(5)17/h6-9,12-13H,1,5,10H2,2-4H3. The molecule has 2 unspecified atom stereocenters. The summed E-state index contributed by atoms with van der Waals surface area (Å²) in [6, 6.07) is 8.62. The number of benzene rings is 1. The Bertz CT molecular complexity index is 400. The van der Waals surface area contributed by atoms with Crippen LogP contribution in [0.1, 0.15) is 44.2 Å². The molecule has 0 radical (unpaired) electrons. The highest BCUT2D eigenvalue weighted by Crippen LogP contribution is 2.28. The third-order valence-electron chi connectivity index (χ3n) is 3.21. The van der Waals surface area contributed by atoms with Gasteiger partial charge in [0, 0.05) is 5.03 Å². The molecule has 0 N–H and O–H groups in total. The number of hydrogen-bond donors (Lipinski definition) is 0. The highest BCUT2D eigenvalue weighted by Gasteiger charge is 2.12. The fourth-order valence-corrected chi connectivity index (χ4v) is 1.98. The second kappa shape index (κ2) is 6.07. The van der Waals surface area contributed by atoms with Gasteiger partial charge in [0.15, 0.2) is 0 Å². The van der Waals surface area contributed by atoms with E-state index in [0.717, 1.165) is 17.0 Å². The predicted molar refractivity (Wildman–Crippen MR) is 78.3 cm³/mol. The zero-order valence-electron chi connectivity index (χ0n) is 11.0. The van der Waals surface area contributed by atoms with Crippen LogP contribution in [0.3, 0.4) is 0 Å². The molecule has 0 saturated carbocycles. The van der Waals surface area contributed by atoms with Gasteiger partial charge in [-0.15, -0.1) is 0 Å². The SMILES string of the molecule is C=C(C)c1ccc(C(C)CC(C)C(=C)Cl)cc1. The summed E-state index contributed by atoms with van der Waals surface area (Å²) in [5, 5.41) is 0.746. The van der Waals surface area contributed by atoms with Gasteiger partial charge in [-0.25, -0.2) is 0 Å². The van der Waals surface area contributed by atoms with Crippen molar-refractivity contribution in [3.8, 4) is 0 Å². The van der Waals surface area contributed by atoms with Crippen LogP contribution in [0.15, 0.2) is 42.5 Å². The molecule has 0 spiro atoms. The van der Waals surface area contributed by atoms with Gasteiger partial charge >= 0.3 is 0 Å². The van der Waals surface area contributed by atoms with E-state index in [9.17, 15) is 0 Å². The zero-order chi connectivity index (χ0) is 13.0. The fourth-order valence-electron chi connectivity index (χ4n) is 1.89. The molecule has 0 fully saturated rings. The van der Waals surface area contributed by atoms with Crippen molar-refractivity contribution in [2.75, 3.05) is 0 Å². The van der Waals surface area contributed by atoms with Crippen molar-refractivity contribution in [2.45, 2.75) is 33.1 Å². The van der Waals surface area contributed by atoms with Gasteiger partial charge in [0.25, 0.3) is 0 Å². The van der Waals surface area contributed by atoms with E-state index in [1.807, 2.05) is 6.92 Å². The van der Waals surface area contributed by atoms with Crippen LogP contribution in [-0.2, 0) is 0 Å². The lowest BCUT2D eigenvalue weighted by Crippen LogP contribution is -2.02. The van der Waals surface area contributed by atoms with Gasteiger partial charge in [-0.2, -0.15) is 0 Å². The van der Waals surface area contributed by atoms with E-state index in [1.54, 1.807) is 0 Å². The Morgan fingerprint density at radius 2 is 1.71 bits per heavy atom. The molecular weight excluding hydrogens is 228 g/mol. The second-order valence-electron chi connectivity index (χ2n) is 4.89. The van der Waals surface area contributed by atoms with Crippen LogP contribution < -0.4 is 0 Å². The van der Waals surface area contributed by atoms with E-state index >= 15 is 0 Å². The third kappa shape index (κ3) is 4.05. The van der Waals surface area contributed by atoms with Crippen molar-refractivity contribution < 1.29 is 0 Å². The minimum atomic E-state index is 0.354. The van der Waals surface area contributed by atoms with Crippen LogP contribution in [0.4, 0.5) is 0 Å². The average molecular weight is 249 g/mol. The molecule has 0 nitrogen and oxygen atoms in total. The molecule has 2 atom stereocenters. The summed E-state index contributed by atoms with van der Waals surface area (Å²) < 4.78 is 0. The molecule has 1 rings (SSSR count). The van der Waals surface area contributed by atoms with E-state index < -0.39 is 0 Å². The van der Waals surface area contributed by atoms with Crippen LogP contribution in [0.25, 0.3) is 5.57 Å². The van der Waals surface area contributed by atoms with E-state index in [2.05, 4.69) is 51.3 Å². The van der Waals surface area contributed by atoms with Crippen molar-refractivity contribution >= 4 is 17.2 Å². The lowest BCUT2D eigenvalue weighted by Gasteiger charge is -2.17. The maximum Gasteiger partial charge on any atom is 0.0137 e. The first kappa shape index (κ1) is 14.1. The third-order valence-corrected chi connectivity index (χ3v) is 3.59. The molecule has 1 aromatic carbocycles. The summed E-state index contributed by atoms with van der Waals surface area (Å²) in [4.78, 5) is 0. The minimum Gasteiger partial charge on any atom is -0.0955 e. The molecule has 92 valence electrons. The molecule has 1 aromatic rings. The van der Waals surface area contributed by atoms with E-state index in [1.165, 1.54) is 11.1 Å². The molecule has 17 heavy (non-hydrogen) atoms. The van der Waals surface area contributed by atoms with E-state index in [0.29, 0.717) is 11.8 Å². The van der Waals surface area contributed by atoms with Crippen molar-refractivity contribution in [1.82, 2.24) is 0 Å². The van der Waals surface area contributed by atoms with E-state index in [-0.39, 0.29) is 0 Å². The Hall–Kier alpha value is -1.01. The molecule has 0 aliphatic rings. The van der Waals surface area contributed by atoms with Gasteiger partial charge in [-0.3, -0.25) is 0 Å². The Morgan fingerprint density at radius 3 is 2.12 bits per heavy atom. The summed E-state index contributed by atoms with van der Waals surface area (Å²) in [7, 11) is 0. The number of hydrogen-bond acceptors (Lipinski definition) is 0. The fraction of sp³-hybridized carbons (Fsp3) is 0.375. The van der Waals surface area contributed by atoms with Gasteiger partial charge in [0.05, 0.1) is 0 Å². The predicted octanol–water partition coefficient (Wildman–Crippen LogP) is 5.60. The molecular formula is C16H21Cl. The highest BCUT2D eigenvalue weighted by molar-refractivity contribution is 6.29. The molecule has 0 amide bonds. The number of allylic oxidation sites excluding steroid dienone is 2. The van der Waals surface area contributed by atoms with Crippen LogP contribution in [0, 0.1) is 5.92 Å². The Morgan fingerprint density at radius 1 is 1.18 bits per heavy atom. The Labute approximate surface area is 110 Å². The molecule has 0 aliphatic heterocycles. The van der Waals surface area contributed by atoms with Crippen LogP contribution in [0.2, 0.25) is 0 Å². The first-order valence-electron chi connectivity index (χ1n) is 6.02. The van der Waals surface area contributed by atoms with Gasteiger partial charge in [-0.1, -0.05) is 68.4 Å². The van der Waals surface area contributed by atoms with Gasteiger partial charge in [-0.05, 0) is 36.3 Å². The molecule has 0 aromatic heterocycles. The van der Waals surface area contributed by atoms with Gasteiger partial charge in [0.1, 0.15) is 0 Å². The monoisotopic (exact) mass is 248 g/mol. The first-order chi connectivity index (χ1) is 7.91. The smallest absolute Gasteiger partial charge is 0.0137 e. The Kier molecular flexibility index (Phi) is 5.02. The summed E-state index contributed by atoms with van der Waals surface area (Å²) in [5.41, 5.74) is 3.65. The van der Waals surface area contributed by atoms with Crippen LogP contribution in [0.5, 0.6) is 0 Å². The molecule has 0 heterocycles. The lowest BCUT2D eigenvalue weighted by atomic mass is 9.90. The largest absolute Gasteiger partial charge is 0.0955 e. The molecule has 0 aliphatic carbocycles. The lowest BCUT2D eigenvalue weighted by molar-refractivity contribution is 0.561. The zero-order valence-corrected chi connectivity index (χ0v) is 11.7. The average Bonchev–Trinajstić information content (AvgIpc) is 2.28. The maximum absolute atomic E-state index is 5.92. The maximum atomic E-state index is 5.92. The summed E-state index contributed by atoms with van der Waals surface area (Å²) in [6.45, 7) is 14.1. The summed E-state index contributed by atoms with van der Waals surface area (Å²) >= 11 is 5.92. The van der Waals surface area contributed by atoms with Crippen molar-refractivity contribution in [2.24, 2.45) is 5.92 Å². The van der Waals surface area contributed by atoms with Gasteiger partial charge in [0.2, 0.25) is 0 Å². The number of rotatable bonds is 5. The Balaban J connectivity index is 2.73. The summed E-state index contributed by atoms with van der Waals surface area (Å²) in [5.74, 6) is 0.854.